The molecule has 1 N–H and O–H groups in total. The molecule has 90 valence electrons. The van der Waals surface area contributed by atoms with Crippen LogP contribution in [0, 0.1) is 5.82 Å². The number of hydrogen-bond donors (Lipinski definition) is 1. The van der Waals surface area contributed by atoms with Gasteiger partial charge in [0, 0.05) is 13.2 Å². The van der Waals surface area contributed by atoms with Gasteiger partial charge in [-0.15, -0.1) is 0 Å². The van der Waals surface area contributed by atoms with Gasteiger partial charge in [-0.05, 0) is 25.1 Å². The molecule has 6 heteroatoms. The van der Waals surface area contributed by atoms with Crippen LogP contribution in [0.4, 0.5) is 4.39 Å². The Kier molecular flexibility index (Phi) is 4.85. The average Bonchev–Trinajstić information content (AvgIpc) is 2.24. The lowest BCUT2D eigenvalue weighted by Gasteiger charge is -2.06. The quantitative estimate of drug-likeness (QED) is 0.767. The molecule has 0 saturated carbocycles. The van der Waals surface area contributed by atoms with Gasteiger partial charge >= 0.3 is 0 Å². The van der Waals surface area contributed by atoms with Gasteiger partial charge in [-0.2, -0.15) is 0 Å². The van der Waals surface area contributed by atoms with Crippen LogP contribution < -0.4 is 4.72 Å². The number of benzene rings is 1. The molecule has 0 fully saturated rings. The van der Waals surface area contributed by atoms with Crippen LogP contribution in [0.2, 0.25) is 0 Å². The summed E-state index contributed by atoms with van der Waals surface area (Å²) >= 11 is 0. The summed E-state index contributed by atoms with van der Waals surface area (Å²) in [6.07, 6.45) is 0. The van der Waals surface area contributed by atoms with E-state index in [0.29, 0.717) is 13.2 Å². The zero-order valence-corrected chi connectivity index (χ0v) is 9.76. The molecule has 0 bridgehead atoms. The molecule has 0 aromatic heterocycles. The van der Waals surface area contributed by atoms with Crippen molar-refractivity contribution in [3.63, 3.8) is 0 Å². The van der Waals surface area contributed by atoms with Crippen LogP contribution in [0.3, 0.4) is 0 Å². The Morgan fingerprint density at radius 3 is 2.81 bits per heavy atom. The van der Waals surface area contributed by atoms with Gasteiger partial charge in [0.2, 0.25) is 10.0 Å². The first-order valence-electron chi connectivity index (χ1n) is 4.89. The van der Waals surface area contributed by atoms with Crippen molar-refractivity contribution in [1.82, 2.24) is 4.72 Å². The van der Waals surface area contributed by atoms with Crippen molar-refractivity contribution in [2.45, 2.75) is 11.8 Å². The third-order valence-corrected chi connectivity index (χ3v) is 3.31. The van der Waals surface area contributed by atoms with Crippen molar-refractivity contribution in [2.24, 2.45) is 0 Å². The minimum atomic E-state index is -3.63. The highest BCUT2D eigenvalue weighted by atomic mass is 32.2. The predicted molar refractivity (Wildman–Crippen MR) is 58.1 cm³/mol. The lowest BCUT2D eigenvalue weighted by molar-refractivity contribution is 0.153. The summed E-state index contributed by atoms with van der Waals surface area (Å²) in [6.45, 7) is 2.82. The van der Waals surface area contributed by atoms with E-state index in [2.05, 4.69) is 4.72 Å². The zero-order valence-electron chi connectivity index (χ0n) is 8.94. The standard InChI is InChI=1S/C10H14FNO3S/c1-2-15-7-6-12-16(13,14)10-5-3-4-9(11)8-10/h3-5,8,12H,2,6-7H2,1H3. The number of rotatable bonds is 6. The monoisotopic (exact) mass is 247 g/mol. The summed E-state index contributed by atoms with van der Waals surface area (Å²) in [5.41, 5.74) is 0. The van der Waals surface area contributed by atoms with Gasteiger partial charge < -0.3 is 4.74 Å². The molecule has 0 saturated heterocycles. The first kappa shape index (κ1) is 13.1. The van der Waals surface area contributed by atoms with E-state index < -0.39 is 15.8 Å². The fourth-order valence-electron chi connectivity index (χ4n) is 1.11. The predicted octanol–water partition coefficient (Wildman–Crippen LogP) is 1.14. The summed E-state index contributed by atoms with van der Waals surface area (Å²) < 4.78 is 43.4. The number of halogens is 1. The van der Waals surface area contributed by atoms with E-state index >= 15 is 0 Å². The molecule has 0 aliphatic rings. The second-order valence-corrected chi connectivity index (χ2v) is 4.82. The van der Waals surface area contributed by atoms with Gasteiger partial charge in [-0.1, -0.05) is 6.07 Å². The van der Waals surface area contributed by atoms with Gasteiger partial charge in [0.25, 0.3) is 0 Å². The number of hydrogen-bond acceptors (Lipinski definition) is 3. The molecule has 1 rings (SSSR count). The normalized spacial score (nSPS) is 11.6. The van der Waals surface area contributed by atoms with Gasteiger partial charge in [0.05, 0.1) is 11.5 Å². The first-order chi connectivity index (χ1) is 7.56. The van der Waals surface area contributed by atoms with Crippen LogP contribution in [0.5, 0.6) is 0 Å². The third-order valence-electron chi connectivity index (χ3n) is 1.85. The lowest BCUT2D eigenvalue weighted by Crippen LogP contribution is -2.27. The van der Waals surface area contributed by atoms with E-state index in [1.54, 1.807) is 0 Å². The molecule has 0 spiro atoms. The SMILES string of the molecule is CCOCCNS(=O)(=O)c1cccc(F)c1. The molecule has 16 heavy (non-hydrogen) atoms. The maximum atomic E-state index is 12.8. The summed E-state index contributed by atoms with van der Waals surface area (Å²) in [4.78, 5) is -0.0796. The highest BCUT2D eigenvalue weighted by Gasteiger charge is 2.13. The Hall–Kier alpha value is -0.980. The van der Waals surface area contributed by atoms with Crippen molar-refractivity contribution in [1.29, 1.82) is 0 Å². The molecule has 0 radical (unpaired) electrons. The van der Waals surface area contributed by atoms with Gasteiger partial charge in [0.1, 0.15) is 5.82 Å². The minimum Gasteiger partial charge on any atom is -0.380 e. The van der Waals surface area contributed by atoms with Crippen LogP contribution >= 0.6 is 0 Å². The smallest absolute Gasteiger partial charge is 0.240 e. The molecule has 0 heterocycles. The lowest BCUT2D eigenvalue weighted by atomic mass is 10.4. The van der Waals surface area contributed by atoms with Crippen molar-refractivity contribution >= 4 is 10.0 Å². The zero-order chi connectivity index (χ0) is 12.0. The van der Waals surface area contributed by atoms with Crippen LogP contribution in [0.1, 0.15) is 6.92 Å². The number of ether oxygens (including phenoxy) is 1. The summed E-state index contributed by atoms with van der Waals surface area (Å²) in [6, 6.07) is 4.86. The van der Waals surface area contributed by atoms with E-state index in [9.17, 15) is 12.8 Å². The molecular weight excluding hydrogens is 233 g/mol. The number of sulfonamides is 1. The number of nitrogens with one attached hydrogen (secondary N) is 1. The molecule has 4 nitrogen and oxygen atoms in total. The van der Waals surface area contributed by atoms with Crippen LogP contribution in [-0.4, -0.2) is 28.2 Å². The minimum absolute atomic E-state index is 0.0796. The van der Waals surface area contributed by atoms with Gasteiger partial charge in [-0.25, -0.2) is 17.5 Å². The Morgan fingerprint density at radius 1 is 1.44 bits per heavy atom. The fourth-order valence-corrected chi connectivity index (χ4v) is 2.15. The van der Waals surface area contributed by atoms with E-state index in [1.165, 1.54) is 18.2 Å². The Labute approximate surface area is 94.5 Å². The molecule has 0 unspecified atom stereocenters. The molecule has 1 aromatic carbocycles. The van der Waals surface area contributed by atoms with Crippen molar-refractivity contribution in [2.75, 3.05) is 19.8 Å². The Balaban J connectivity index is 2.64. The molecular formula is C10H14FNO3S. The maximum absolute atomic E-state index is 12.8. The first-order valence-corrected chi connectivity index (χ1v) is 6.37. The summed E-state index contributed by atoms with van der Waals surface area (Å²) in [5.74, 6) is -0.576. The molecule has 0 amide bonds. The molecule has 0 aliphatic carbocycles. The average molecular weight is 247 g/mol. The van der Waals surface area contributed by atoms with Crippen molar-refractivity contribution in [3.05, 3.63) is 30.1 Å². The van der Waals surface area contributed by atoms with E-state index in [0.717, 1.165) is 6.07 Å². The summed E-state index contributed by atoms with van der Waals surface area (Å²) in [7, 11) is -3.63. The highest BCUT2D eigenvalue weighted by Crippen LogP contribution is 2.09. The Morgan fingerprint density at radius 2 is 2.19 bits per heavy atom. The van der Waals surface area contributed by atoms with Crippen molar-refractivity contribution < 1.29 is 17.5 Å². The second-order valence-electron chi connectivity index (χ2n) is 3.05. The van der Waals surface area contributed by atoms with Gasteiger partial charge in [-0.3, -0.25) is 0 Å². The molecule has 1 aromatic rings. The van der Waals surface area contributed by atoms with E-state index in [-0.39, 0.29) is 11.4 Å². The van der Waals surface area contributed by atoms with Crippen LogP contribution in [-0.2, 0) is 14.8 Å². The maximum Gasteiger partial charge on any atom is 0.240 e. The molecule has 0 aliphatic heterocycles. The van der Waals surface area contributed by atoms with Crippen LogP contribution in [0.25, 0.3) is 0 Å². The summed E-state index contributed by atoms with van der Waals surface area (Å²) in [5, 5.41) is 0. The van der Waals surface area contributed by atoms with E-state index in [4.69, 9.17) is 4.74 Å². The largest absolute Gasteiger partial charge is 0.380 e. The third kappa shape index (κ3) is 3.88. The van der Waals surface area contributed by atoms with Crippen LogP contribution in [0.15, 0.2) is 29.2 Å². The fraction of sp³-hybridized carbons (Fsp3) is 0.400. The second kappa shape index (κ2) is 5.93. The Bertz CT molecular complexity index is 433. The topological polar surface area (TPSA) is 55.4 Å². The van der Waals surface area contributed by atoms with Gasteiger partial charge in [0.15, 0.2) is 0 Å². The highest BCUT2D eigenvalue weighted by molar-refractivity contribution is 7.89. The van der Waals surface area contributed by atoms with Crippen molar-refractivity contribution in [3.8, 4) is 0 Å². The molecule has 0 atom stereocenters. The van der Waals surface area contributed by atoms with E-state index in [1.807, 2.05) is 6.92 Å².